The van der Waals surface area contributed by atoms with Gasteiger partial charge in [0.2, 0.25) is 11.9 Å². The minimum absolute atomic E-state index is 0.0495. The highest BCUT2D eigenvalue weighted by Gasteiger charge is 2.21. The second kappa shape index (κ2) is 9.64. The zero-order valence-corrected chi connectivity index (χ0v) is 18.9. The number of anilines is 3. The summed E-state index contributed by atoms with van der Waals surface area (Å²) in [5.41, 5.74) is 5.31. The van der Waals surface area contributed by atoms with Gasteiger partial charge in [0.1, 0.15) is 5.82 Å². The summed E-state index contributed by atoms with van der Waals surface area (Å²) >= 11 is 0. The van der Waals surface area contributed by atoms with Crippen LogP contribution in [0.1, 0.15) is 22.4 Å². The highest BCUT2D eigenvalue weighted by atomic mass is 16.2. The summed E-state index contributed by atoms with van der Waals surface area (Å²) < 4.78 is 0. The van der Waals surface area contributed by atoms with E-state index in [9.17, 15) is 4.79 Å². The summed E-state index contributed by atoms with van der Waals surface area (Å²) in [6, 6.07) is 18.2. The van der Waals surface area contributed by atoms with Crippen molar-refractivity contribution in [2.75, 3.05) is 36.4 Å². The highest BCUT2D eigenvalue weighted by molar-refractivity contribution is 5.92. The monoisotopic (exact) mass is 427 g/mol. The van der Waals surface area contributed by atoms with E-state index in [1.807, 2.05) is 54.3 Å². The summed E-state index contributed by atoms with van der Waals surface area (Å²) in [5.74, 6) is 1.52. The van der Waals surface area contributed by atoms with E-state index in [-0.39, 0.29) is 5.91 Å². The molecule has 0 aliphatic carbocycles. The summed E-state index contributed by atoms with van der Waals surface area (Å²) in [5, 5.41) is 3.29. The van der Waals surface area contributed by atoms with E-state index in [2.05, 4.69) is 47.2 Å². The summed E-state index contributed by atoms with van der Waals surface area (Å²) in [6.07, 6.45) is 3.58. The van der Waals surface area contributed by atoms with Gasteiger partial charge >= 0.3 is 0 Å². The molecule has 3 aromatic rings. The van der Waals surface area contributed by atoms with Crippen molar-refractivity contribution < 1.29 is 4.79 Å². The van der Waals surface area contributed by atoms with Gasteiger partial charge in [-0.15, -0.1) is 0 Å². The van der Waals surface area contributed by atoms with Crippen LogP contribution in [0.3, 0.4) is 0 Å². The molecule has 0 unspecified atom stereocenters. The normalized spacial score (nSPS) is 14.1. The lowest BCUT2D eigenvalue weighted by molar-refractivity contribution is -0.126. The first kappa shape index (κ1) is 21.6. The Morgan fingerprint density at radius 2 is 1.66 bits per heavy atom. The SMILES string of the molecule is Cc1ccc(Nc2nc(C)cc(N3CCN(C(=O)/C=C/c4ccccc4C)CC3)n2)cc1. The minimum Gasteiger partial charge on any atom is -0.353 e. The Balaban J connectivity index is 1.38. The fourth-order valence-corrected chi connectivity index (χ4v) is 3.73. The number of aromatic nitrogens is 2. The van der Waals surface area contributed by atoms with Crippen LogP contribution in [0.15, 0.2) is 60.7 Å². The number of nitrogens with one attached hydrogen (secondary N) is 1. The van der Waals surface area contributed by atoms with E-state index in [4.69, 9.17) is 4.98 Å². The van der Waals surface area contributed by atoms with Gasteiger partial charge in [0.05, 0.1) is 0 Å². The van der Waals surface area contributed by atoms with Crippen LogP contribution in [0.2, 0.25) is 0 Å². The fourth-order valence-electron chi connectivity index (χ4n) is 3.73. The predicted molar refractivity (Wildman–Crippen MR) is 130 cm³/mol. The third kappa shape index (κ3) is 5.32. The molecule has 1 aliphatic heterocycles. The first-order valence-electron chi connectivity index (χ1n) is 10.9. The summed E-state index contributed by atoms with van der Waals surface area (Å²) in [7, 11) is 0. The molecule has 0 radical (unpaired) electrons. The Labute approximate surface area is 189 Å². The van der Waals surface area contributed by atoms with Crippen LogP contribution < -0.4 is 10.2 Å². The Morgan fingerprint density at radius 1 is 0.938 bits per heavy atom. The average molecular weight is 428 g/mol. The standard InChI is InChI=1S/C26H29N5O/c1-19-8-11-23(12-9-19)28-26-27-21(3)18-24(29-26)30-14-16-31(17-15-30)25(32)13-10-22-7-5-4-6-20(22)2/h4-13,18H,14-17H2,1-3H3,(H,27,28,29)/b13-10+. The maximum absolute atomic E-state index is 12.6. The molecule has 1 amide bonds. The number of hydrogen-bond acceptors (Lipinski definition) is 5. The lowest BCUT2D eigenvalue weighted by Gasteiger charge is -2.35. The van der Waals surface area contributed by atoms with E-state index in [1.54, 1.807) is 6.08 Å². The second-order valence-electron chi connectivity index (χ2n) is 8.18. The summed E-state index contributed by atoms with van der Waals surface area (Å²) in [4.78, 5) is 26.0. The van der Waals surface area contributed by atoms with Crippen molar-refractivity contribution in [3.05, 3.63) is 83.1 Å². The van der Waals surface area contributed by atoms with Gasteiger partial charge < -0.3 is 15.1 Å². The van der Waals surface area contributed by atoms with Crippen molar-refractivity contribution in [2.45, 2.75) is 20.8 Å². The van der Waals surface area contributed by atoms with E-state index >= 15 is 0 Å². The van der Waals surface area contributed by atoms with Crippen molar-refractivity contribution in [3.8, 4) is 0 Å². The molecule has 1 aromatic heterocycles. The Kier molecular flexibility index (Phi) is 6.50. The van der Waals surface area contributed by atoms with Gasteiger partial charge in [0.15, 0.2) is 0 Å². The molecule has 2 heterocycles. The second-order valence-corrected chi connectivity index (χ2v) is 8.18. The van der Waals surface area contributed by atoms with E-state index < -0.39 is 0 Å². The molecule has 6 nitrogen and oxygen atoms in total. The fraction of sp³-hybridized carbons (Fsp3) is 0.269. The molecule has 164 valence electrons. The molecule has 1 aliphatic rings. The van der Waals surface area contributed by atoms with Crippen LogP contribution in [-0.2, 0) is 4.79 Å². The molecule has 0 saturated carbocycles. The zero-order valence-electron chi connectivity index (χ0n) is 18.9. The third-order valence-corrected chi connectivity index (χ3v) is 5.66. The number of carbonyl (C=O) groups excluding carboxylic acids is 1. The van der Waals surface area contributed by atoms with E-state index in [1.165, 1.54) is 5.56 Å². The van der Waals surface area contributed by atoms with Crippen LogP contribution >= 0.6 is 0 Å². The number of carbonyl (C=O) groups is 1. The average Bonchev–Trinajstić information content (AvgIpc) is 2.79. The van der Waals surface area contributed by atoms with Crippen LogP contribution in [0.5, 0.6) is 0 Å². The van der Waals surface area contributed by atoms with E-state index in [0.29, 0.717) is 19.0 Å². The van der Waals surface area contributed by atoms with Crippen molar-refractivity contribution in [3.63, 3.8) is 0 Å². The number of benzene rings is 2. The topological polar surface area (TPSA) is 61.4 Å². The van der Waals surface area contributed by atoms with Gasteiger partial charge in [-0.05, 0) is 50.1 Å². The van der Waals surface area contributed by atoms with Gasteiger partial charge in [-0.25, -0.2) is 4.98 Å². The van der Waals surface area contributed by atoms with Crippen molar-refractivity contribution in [1.29, 1.82) is 0 Å². The lowest BCUT2D eigenvalue weighted by Crippen LogP contribution is -2.48. The van der Waals surface area contributed by atoms with E-state index in [0.717, 1.165) is 41.4 Å². The number of nitrogens with zero attached hydrogens (tertiary/aromatic N) is 4. The molecule has 2 aromatic carbocycles. The van der Waals surface area contributed by atoms with Crippen molar-refractivity contribution >= 4 is 29.4 Å². The third-order valence-electron chi connectivity index (χ3n) is 5.66. The molecule has 4 rings (SSSR count). The number of hydrogen-bond donors (Lipinski definition) is 1. The maximum Gasteiger partial charge on any atom is 0.246 e. The largest absolute Gasteiger partial charge is 0.353 e. The first-order chi connectivity index (χ1) is 15.5. The number of aryl methyl sites for hydroxylation is 3. The summed E-state index contributed by atoms with van der Waals surface area (Å²) in [6.45, 7) is 8.90. The molecular weight excluding hydrogens is 398 g/mol. The molecule has 0 spiro atoms. The van der Waals surface area contributed by atoms with Crippen molar-refractivity contribution in [2.24, 2.45) is 0 Å². The van der Waals surface area contributed by atoms with Crippen LogP contribution in [0.4, 0.5) is 17.5 Å². The predicted octanol–water partition coefficient (Wildman–Crippen LogP) is 4.51. The number of piperazine rings is 1. The first-order valence-corrected chi connectivity index (χ1v) is 10.9. The molecule has 1 saturated heterocycles. The van der Waals surface area contributed by atoms with Crippen molar-refractivity contribution in [1.82, 2.24) is 14.9 Å². The Morgan fingerprint density at radius 3 is 2.38 bits per heavy atom. The molecule has 0 atom stereocenters. The molecular formula is C26H29N5O. The zero-order chi connectivity index (χ0) is 22.5. The molecule has 0 bridgehead atoms. The molecule has 1 N–H and O–H groups in total. The molecule has 1 fully saturated rings. The van der Waals surface area contributed by atoms with Gasteiger partial charge in [-0.2, -0.15) is 4.98 Å². The van der Waals surface area contributed by atoms with Crippen LogP contribution in [0.25, 0.3) is 6.08 Å². The maximum atomic E-state index is 12.6. The van der Waals surface area contributed by atoms with Gasteiger partial charge in [0, 0.05) is 49.7 Å². The highest BCUT2D eigenvalue weighted by Crippen LogP contribution is 2.20. The number of amides is 1. The quantitative estimate of drug-likeness (QED) is 0.607. The molecule has 32 heavy (non-hydrogen) atoms. The van der Waals surface area contributed by atoms with Gasteiger partial charge in [-0.3, -0.25) is 4.79 Å². The van der Waals surface area contributed by atoms with Gasteiger partial charge in [-0.1, -0.05) is 42.0 Å². The lowest BCUT2D eigenvalue weighted by atomic mass is 10.1. The van der Waals surface area contributed by atoms with Crippen LogP contribution in [0, 0.1) is 20.8 Å². The Bertz CT molecular complexity index is 1120. The number of rotatable bonds is 5. The van der Waals surface area contributed by atoms with Gasteiger partial charge in [0.25, 0.3) is 0 Å². The molecule has 6 heteroatoms. The smallest absolute Gasteiger partial charge is 0.246 e. The Hall–Kier alpha value is -3.67. The minimum atomic E-state index is 0.0495. The van der Waals surface area contributed by atoms with Crippen LogP contribution in [-0.4, -0.2) is 47.0 Å².